The van der Waals surface area contributed by atoms with E-state index in [4.69, 9.17) is 26.8 Å². The fourth-order valence-corrected chi connectivity index (χ4v) is 6.10. The van der Waals surface area contributed by atoms with Crippen LogP contribution in [0.15, 0.2) is 36.5 Å². The number of alkyl halides is 1. The van der Waals surface area contributed by atoms with Gasteiger partial charge < -0.3 is 25.6 Å². The number of amides is 2. The highest BCUT2D eigenvalue weighted by atomic mass is 35.5. The molecule has 2 aliphatic carbocycles. The summed E-state index contributed by atoms with van der Waals surface area (Å²) in [7, 11) is 1.46. The lowest BCUT2D eigenvalue weighted by atomic mass is 9.80. The van der Waals surface area contributed by atoms with Crippen molar-refractivity contribution in [1.82, 2.24) is 20.1 Å². The second-order valence-corrected chi connectivity index (χ2v) is 12.8. The number of methoxy groups -OCH3 is 1. The van der Waals surface area contributed by atoms with Gasteiger partial charge in [0.25, 0.3) is 5.91 Å². The summed E-state index contributed by atoms with van der Waals surface area (Å²) in [5, 5.41) is 19.1. The number of nitrogens with one attached hydrogen (secondary N) is 1. The number of nitrogens with two attached hydrogens (primary N) is 1. The highest BCUT2D eigenvalue weighted by Gasteiger charge is 2.62. The molecule has 2 saturated carbocycles. The molecule has 10 nitrogen and oxygen atoms in total. The van der Waals surface area contributed by atoms with Crippen LogP contribution in [0.5, 0.6) is 11.5 Å². The van der Waals surface area contributed by atoms with Crippen LogP contribution in [-0.4, -0.2) is 57.6 Å². The van der Waals surface area contributed by atoms with Crippen LogP contribution in [0.1, 0.15) is 60.3 Å². The van der Waals surface area contributed by atoms with Crippen molar-refractivity contribution in [3.05, 3.63) is 70.0 Å². The third kappa shape index (κ3) is 4.58. The smallest absolute Gasteiger partial charge is 0.251 e. The maximum Gasteiger partial charge on any atom is 0.251 e. The number of nitrogens with zero attached hydrogens (tertiary/aromatic N) is 3. The van der Waals surface area contributed by atoms with Gasteiger partial charge in [0.2, 0.25) is 5.91 Å². The van der Waals surface area contributed by atoms with Crippen molar-refractivity contribution in [2.75, 3.05) is 20.3 Å². The molecular weight excluding hydrogens is 627 g/mol. The molecule has 46 heavy (non-hydrogen) atoms. The van der Waals surface area contributed by atoms with Gasteiger partial charge in [-0.3, -0.25) is 14.3 Å². The number of aromatic nitrogens is 3. The summed E-state index contributed by atoms with van der Waals surface area (Å²) >= 11 is 5.86. The number of benzene rings is 2. The van der Waals surface area contributed by atoms with Gasteiger partial charge in [-0.25, -0.2) is 18.2 Å². The lowest BCUT2D eigenvalue weighted by molar-refractivity contribution is -0.123. The Morgan fingerprint density at radius 3 is 2.65 bits per heavy atom. The van der Waals surface area contributed by atoms with Crippen molar-refractivity contribution < 1.29 is 37.3 Å². The number of carbonyl (C=O) groups is 2. The monoisotopic (exact) mass is 655 g/mol. The minimum absolute atomic E-state index is 0.0474. The Hall–Kier alpha value is -4.36. The van der Waals surface area contributed by atoms with Gasteiger partial charge in [0.15, 0.2) is 11.4 Å². The highest BCUT2D eigenvalue weighted by molar-refractivity contribution is 6.31. The second kappa shape index (κ2) is 10.3. The third-order valence-electron chi connectivity index (χ3n) is 9.26. The molecule has 0 spiro atoms. The van der Waals surface area contributed by atoms with E-state index in [-0.39, 0.29) is 53.3 Å². The molecule has 3 aliphatic rings. The molecule has 240 valence electrons. The molecule has 0 radical (unpaired) electrons. The van der Waals surface area contributed by atoms with Gasteiger partial charge in [0, 0.05) is 28.3 Å². The van der Waals surface area contributed by atoms with Gasteiger partial charge >= 0.3 is 0 Å². The number of ether oxygens (including phenoxy) is 2. The zero-order chi connectivity index (χ0) is 32.8. The number of hydrogen-bond acceptors (Lipinski definition) is 7. The number of rotatable bonds is 9. The van der Waals surface area contributed by atoms with Crippen LogP contribution < -0.4 is 20.5 Å². The third-order valence-corrected chi connectivity index (χ3v) is 9.61. The van der Waals surface area contributed by atoms with Crippen LogP contribution in [0.3, 0.4) is 0 Å². The van der Waals surface area contributed by atoms with E-state index < -0.39 is 51.7 Å². The summed E-state index contributed by atoms with van der Waals surface area (Å²) in [6, 6.07) is 6.72. The summed E-state index contributed by atoms with van der Waals surface area (Å²) in [6.45, 7) is 0.598. The van der Waals surface area contributed by atoms with Crippen LogP contribution in [0.4, 0.5) is 13.2 Å². The Morgan fingerprint density at radius 2 is 2.00 bits per heavy atom. The van der Waals surface area contributed by atoms with E-state index >= 15 is 8.78 Å². The van der Waals surface area contributed by atoms with Crippen molar-refractivity contribution in [2.45, 2.75) is 55.3 Å². The molecule has 7 rings (SSSR count). The first-order chi connectivity index (χ1) is 21.8. The number of hydrogen-bond donors (Lipinski definition) is 3. The quantitative estimate of drug-likeness (QED) is 0.223. The predicted octanol–water partition coefficient (Wildman–Crippen LogP) is 4.63. The minimum atomic E-state index is -2.45. The van der Waals surface area contributed by atoms with Gasteiger partial charge in [-0.05, 0) is 62.9 Å². The van der Waals surface area contributed by atoms with Crippen LogP contribution in [0, 0.1) is 11.6 Å². The second-order valence-electron chi connectivity index (χ2n) is 12.4. The molecule has 4 N–H and O–H groups in total. The van der Waals surface area contributed by atoms with Gasteiger partial charge in [-0.15, -0.1) is 0 Å². The molecule has 0 saturated heterocycles. The molecule has 2 aromatic carbocycles. The Morgan fingerprint density at radius 1 is 1.26 bits per heavy atom. The maximum absolute atomic E-state index is 16.2. The van der Waals surface area contributed by atoms with Gasteiger partial charge in [-0.1, -0.05) is 11.6 Å². The van der Waals surface area contributed by atoms with Crippen molar-refractivity contribution in [3.8, 4) is 22.8 Å². The standard InChI is InChI=1S/C32H29ClF3N5O5/c1-30(29(37)43)14-46-27-19(30)11-22(39-26(27)18-5-6-20(34)23(33)24(18)35)32(44,31(36)7-8-31)13-38-28(42)15-9-16-12-41(17-3-4-17)40-25(16)21(10-15)45-2/h5-6,9-12,17,44H,3-4,7-8,13-14H2,1-2H3,(H2,37,43)(H,38,42)/t30-,32?/m0/s1. The van der Waals surface area contributed by atoms with Gasteiger partial charge in [0.1, 0.15) is 51.2 Å². The van der Waals surface area contributed by atoms with Gasteiger partial charge in [0.05, 0.1) is 25.4 Å². The molecule has 1 unspecified atom stereocenters. The Balaban J connectivity index is 1.30. The number of aliphatic hydroxyl groups is 1. The lowest BCUT2D eigenvalue weighted by Crippen LogP contribution is -2.49. The van der Waals surface area contributed by atoms with E-state index in [1.807, 2.05) is 10.9 Å². The highest BCUT2D eigenvalue weighted by Crippen LogP contribution is 2.55. The average Bonchev–Trinajstić information content (AvgIpc) is 3.96. The molecule has 2 fully saturated rings. The first kappa shape index (κ1) is 30.3. The molecule has 3 heterocycles. The maximum atomic E-state index is 16.2. The van der Waals surface area contributed by atoms with Crippen LogP contribution in [0.2, 0.25) is 5.02 Å². The normalized spacial score (nSPS) is 20.9. The average molecular weight is 656 g/mol. The Labute approximate surface area is 265 Å². The van der Waals surface area contributed by atoms with Crippen LogP contribution in [-0.2, 0) is 15.8 Å². The number of primary amides is 1. The van der Waals surface area contributed by atoms with Crippen molar-refractivity contribution in [2.24, 2.45) is 5.73 Å². The lowest BCUT2D eigenvalue weighted by Gasteiger charge is -2.33. The van der Waals surface area contributed by atoms with E-state index in [2.05, 4.69) is 15.4 Å². The van der Waals surface area contributed by atoms with E-state index in [1.165, 1.54) is 26.2 Å². The molecule has 4 aromatic rings. The van der Waals surface area contributed by atoms with E-state index in [0.717, 1.165) is 25.0 Å². The van der Waals surface area contributed by atoms with Gasteiger partial charge in [-0.2, -0.15) is 5.10 Å². The fraction of sp³-hybridized carbons (Fsp3) is 0.375. The summed E-state index contributed by atoms with van der Waals surface area (Å²) in [5.74, 6) is -3.29. The first-order valence-corrected chi connectivity index (χ1v) is 15.1. The number of fused-ring (bicyclic) bond motifs is 2. The molecule has 2 aromatic heterocycles. The largest absolute Gasteiger partial charge is 0.494 e. The molecule has 0 bridgehead atoms. The zero-order valence-electron chi connectivity index (χ0n) is 24.8. The Bertz CT molecular complexity index is 1960. The summed E-state index contributed by atoms with van der Waals surface area (Å²) in [4.78, 5) is 30.5. The minimum Gasteiger partial charge on any atom is -0.494 e. The first-order valence-electron chi connectivity index (χ1n) is 14.7. The fourth-order valence-electron chi connectivity index (χ4n) is 5.94. The van der Waals surface area contributed by atoms with E-state index in [9.17, 15) is 19.1 Å². The summed E-state index contributed by atoms with van der Waals surface area (Å²) in [5.41, 5.74) is -0.374. The molecule has 1 aliphatic heterocycles. The predicted molar refractivity (Wildman–Crippen MR) is 160 cm³/mol. The van der Waals surface area contributed by atoms with Crippen molar-refractivity contribution in [3.63, 3.8) is 0 Å². The molecule has 2 atom stereocenters. The topological polar surface area (TPSA) is 142 Å². The zero-order valence-corrected chi connectivity index (χ0v) is 25.6. The summed E-state index contributed by atoms with van der Waals surface area (Å²) in [6.07, 6.45) is 3.73. The van der Waals surface area contributed by atoms with E-state index in [0.29, 0.717) is 22.7 Å². The molecule has 2 amide bonds. The number of pyridine rings is 1. The molecule has 14 heteroatoms. The number of halogens is 4. The van der Waals surface area contributed by atoms with E-state index in [1.54, 1.807) is 6.07 Å². The Kier molecular flexibility index (Phi) is 6.80. The van der Waals surface area contributed by atoms with Crippen LogP contribution >= 0.6 is 11.6 Å². The number of carbonyl (C=O) groups excluding carboxylic acids is 2. The summed E-state index contributed by atoms with van der Waals surface area (Å²) < 4.78 is 58.7. The van der Waals surface area contributed by atoms with Crippen molar-refractivity contribution >= 4 is 34.3 Å². The van der Waals surface area contributed by atoms with Crippen LogP contribution in [0.25, 0.3) is 22.2 Å². The SMILES string of the molecule is COc1cc(C(=O)NCC(O)(c2cc3c(c(-c4ccc(F)c(Cl)c4F)n2)OC[C@]3(C)C(N)=O)C2(F)CC2)cc2cn(C3CC3)nc12. The molecular formula is C32H29ClF3N5O5. The van der Waals surface area contributed by atoms with Crippen molar-refractivity contribution in [1.29, 1.82) is 0 Å².